The molecule has 1 aromatic carbocycles. The van der Waals surface area contributed by atoms with Gasteiger partial charge in [-0.1, -0.05) is 30.3 Å². The van der Waals surface area contributed by atoms with Crippen molar-refractivity contribution in [1.29, 1.82) is 0 Å². The minimum Gasteiger partial charge on any atom is -0.388 e. The van der Waals surface area contributed by atoms with Crippen molar-refractivity contribution in [2.45, 2.75) is 6.10 Å². The van der Waals surface area contributed by atoms with Crippen LogP contribution in [-0.2, 0) is 4.74 Å². The van der Waals surface area contributed by atoms with Crippen molar-refractivity contribution in [3.63, 3.8) is 0 Å². The van der Waals surface area contributed by atoms with E-state index in [9.17, 15) is 5.11 Å². The predicted octanol–water partition coefficient (Wildman–Crippen LogP) is 1.37. The zero-order valence-corrected chi connectivity index (χ0v) is 6.81. The van der Waals surface area contributed by atoms with Gasteiger partial charge in [0.15, 0.2) is 0 Å². The average Bonchev–Trinajstić information content (AvgIpc) is 2.03. The van der Waals surface area contributed by atoms with Crippen LogP contribution >= 0.6 is 0 Å². The molecule has 1 N–H and O–H groups in total. The van der Waals surface area contributed by atoms with Crippen LogP contribution in [0.15, 0.2) is 30.3 Å². The maximum absolute atomic E-state index is 9.76. The van der Waals surface area contributed by atoms with Gasteiger partial charge in [-0.25, -0.2) is 0 Å². The van der Waals surface area contributed by atoms with Gasteiger partial charge in [-0.15, -0.1) is 0 Å². The molecule has 2 heteroatoms. The van der Waals surface area contributed by atoms with Crippen LogP contribution in [0.25, 0.3) is 0 Å². The standard InChI is InChI=1S/C10H12O2/c11-10(9-6-12-7-9)8-4-2-1-3-5-8/h1-5,9-11H,6-7H2. The van der Waals surface area contributed by atoms with E-state index in [2.05, 4.69) is 0 Å². The normalized spacial score (nSPS) is 20.1. The van der Waals surface area contributed by atoms with E-state index in [0.29, 0.717) is 19.1 Å². The van der Waals surface area contributed by atoms with Crippen molar-refractivity contribution in [1.82, 2.24) is 0 Å². The van der Waals surface area contributed by atoms with Gasteiger partial charge >= 0.3 is 0 Å². The Morgan fingerprint density at radius 2 is 1.92 bits per heavy atom. The fourth-order valence-electron chi connectivity index (χ4n) is 1.36. The van der Waals surface area contributed by atoms with Crippen LogP contribution in [-0.4, -0.2) is 18.3 Å². The lowest BCUT2D eigenvalue weighted by Gasteiger charge is -2.30. The summed E-state index contributed by atoms with van der Waals surface area (Å²) in [5.41, 5.74) is 0.991. The molecule has 1 atom stereocenters. The molecule has 0 spiro atoms. The molecular formula is C10H12O2. The third-order valence-electron chi connectivity index (χ3n) is 2.25. The number of rotatable bonds is 2. The summed E-state index contributed by atoms with van der Waals surface area (Å²) in [5.74, 6) is 0.299. The lowest BCUT2D eigenvalue weighted by atomic mass is 9.94. The van der Waals surface area contributed by atoms with E-state index in [1.165, 1.54) is 0 Å². The first kappa shape index (κ1) is 7.77. The van der Waals surface area contributed by atoms with Crippen LogP contribution < -0.4 is 0 Å². The van der Waals surface area contributed by atoms with E-state index < -0.39 is 0 Å². The number of aliphatic hydroxyl groups is 1. The highest BCUT2D eigenvalue weighted by molar-refractivity contribution is 5.18. The van der Waals surface area contributed by atoms with Gasteiger partial charge in [-0.3, -0.25) is 0 Å². The van der Waals surface area contributed by atoms with Gasteiger partial charge in [0, 0.05) is 5.92 Å². The molecule has 1 aromatic rings. The highest BCUT2D eigenvalue weighted by atomic mass is 16.5. The lowest BCUT2D eigenvalue weighted by molar-refractivity contribution is -0.0924. The molecule has 0 aromatic heterocycles. The van der Waals surface area contributed by atoms with Crippen molar-refractivity contribution in [2.24, 2.45) is 5.92 Å². The molecule has 12 heavy (non-hydrogen) atoms. The highest BCUT2D eigenvalue weighted by Crippen LogP contribution is 2.27. The summed E-state index contributed by atoms with van der Waals surface area (Å²) in [7, 11) is 0. The second-order valence-corrected chi connectivity index (χ2v) is 3.15. The van der Waals surface area contributed by atoms with E-state index >= 15 is 0 Å². The van der Waals surface area contributed by atoms with Crippen LogP contribution in [0.1, 0.15) is 11.7 Å². The van der Waals surface area contributed by atoms with Crippen LogP contribution in [0.5, 0.6) is 0 Å². The molecule has 1 aliphatic rings. The summed E-state index contributed by atoms with van der Waals surface area (Å²) >= 11 is 0. The van der Waals surface area contributed by atoms with Gasteiger partial charge < -0.3 is 9.84 Å². The second kappa shape index (κ2) is 3.25. The third kappa shape index (κ3) is 1.36. The maximum atomic E-state index is 9.76. The third-order valence-corrected chi connectivity index (χ3v) is 2.25. The highest BCUT2D eigenvalue weighted by Gasteiger charge is 2.27. The molecule has 1 fully saturated rings. The van der Waals surface area contributed by atoms with Gasteiger partial charge in [0.25, 0.3) is 0 Å². The van der Waals surface area contributed by atoms with Crippen molar-refractivity contribution >= 4 is 0 Å². The Kier molecular flexibility index (Phi) is 2.11. The minimum atomic E-state index is -0.347. The Morgan fingerprint density at radius 1 is 1.25 bits per heavy atom. The topological polar surface area (TPSA) is 29.5 Å². The Bertz CT molecular complexity index is 241. The molecule has 1 aliphatic heterocycles. The number of benzene rings is 1. The van der Waals surface area contributed by atoms with Gasteiger partial charge in [-0.2, -0.15) is 0 Å². The Balaban J connectivity index is 2.08. The predicted molar refractivity (Wildman–Crippen MR) is 45.7 cm³/mol. The molecule has 2 rings (SSSR count). The van der Waals surface area contributed by atoms with Crippen molar-refractivity contribution in [3.05, 3.63) is 35.9 Å². The summed E-state index contributed by atoms with van der Waals surface area (Å²) in [6.45, 7) is 1.38. The van der Waals surface area contributed by atoms with E-state index in [4.69, 9.17) is 4.74 Å². The van der Waals surface area contributed by atoms with Crippen molar-refractivity contribution in [3.8, 4) is 0 Å². The minimum absolute atomic E-state index is 0.299. The molecule has 0 saturated carbocycles. The molecule has 1 unspecified atom stereocenters. The largest absolute Gasteiger partial charge is 0.388 e. The first-order chi connectivity index (χ1) is 5.88. The first-order valence-electron chi connectivity index (χ1n) is 4.18. The van der Waals surface area contributed by atoms with Gasteiger partial charge in [-0.05, 0) is 5.56 Å². The molecule has 1 saturated heterocycles. The lowest BCUT2D eigenvalue weighted by Crippen LogP contribution is -2.32. The van der Waals surface area contributed by atoms with Gasteiger partial charge in [0.2, 0.25) is 0 Å². The Morgan fingerprint density at radius 3 is 2.42 bits per heavy atom. The summed E-state index contributed by atoms with van der Waals surface area (Å²) in [6, 6.07) is 9.73. The van der Waals surface area contributed by atoms with Crippen LogP contribution in [0.4, 0.5) is 0 Å². The summed E-state index contributed by atoms with van der Waals surface area (Å²) in [4.78, 5) is 0. The van der Waals surface area contributed by atoms with E-state index in [0.717, 1.165) is 5.56 Å². The molecule has 2 nitrogen and oxygen atoms in total. The molecular weight excluding hydrogens is 152 g/mol. The SMILES string of the molecule is OC(c1ccccc1)C1COC1. The van der Waals surface area contributed by atoms with Crippen LogP contribution in [0.2, 0.25) is 0 Å². The zero-order chi connectivity index (χ0) is 8.39. The number of hydrogen-bond acceptors (Lipinski definition) is 2. The van der Waals surface area contributed by atoms with E-state index in [-0.39, 0.29) is 6.10 Å². The summed E-state index contributed by atoms with van der Waals surface area (Å²) in [6.07, 6.45) is -0.347. The molecule has 1 heterocycles. The monoisotopic (exact) mass is 164 g/mol. The molecule has 0 aliphatic carbocycles. The molecule has 0 amide bonds. The first-order valence-corrected chi connectivity index (χ1v) is 4.18. The second-order valence-electron chi connectivity index (χ2n) is 3.15. The number of aliphatic hydroxyl groups excluding tert-OH is 1. The molecule has 64 valence electrons. The summed E-state index contributed by atoms with van der Waals surface area (Å²) < 4.78 is 5.02. The van der Waals surface area contributed by atoms with Crippen LogP contribution in [0, 0.1) is 5.92 Å². The van der Waals surface area contributed by atoms with Crippen LogP contribution in [0.3, 0.4) is 0 Å². The van der Waals surface area contributed by atoms with E-state index in [1.807, 2.05) is 30.3 Å². The number of ether oxygens (including phenoxy) is 1. The Hall–Kier alpha value is -0.860. The van der Waals surface area contributed by atoms with Crippen molar-refractivity contribution < 1.29 is 9.84 Å². The zero-order valence-electron chi connectivity index (χ0n) is 6.81. The molecule has 0 bridgehead atoms. The molecule has 0 radical (unpaired) electrons. The van der Waals surface area contributed by atoms with Gasteiger partial charge in [0.05, 0.1) is 19.3 Å². The quantitative estimate of drug-likeness (QED) is 0.715. The fraction of sp³-hybridized carbons (Fsp3) is 0.400. The summed E-state index contributed by atoms with van der Waals surface area (Å²) in [5, 5.41) is 9.76. The Labute approximate surface area is 71.8 Å². The number of hydrogen-bond donors (Lipinski definition) is 1. The smallest absolute Gasteiger partial charge is 0.0862 e. The van der Waals surface area contributed by atoms with Gasteiger partial charge in [0.1, 0.15) is 0 Å². The fourth-order valence-corrected chi connectivity index (χ4v) is 1.36. The van der Waals surface area contributed by atoms with E-state index in [1.54, 1.807) is 0 Å². The maximum Gasteiger partial charge on any atom is 0.0862 e. The average molecular weight is 164 g/mol. The van der Waals surface area contributed by atoms with Crippen molar-refractivity contribution in [2.75, 3.05) is 13.2 Å².